The highest BCUT2D eigenvalue weighted by molar-refractivity contribution is 6.23. The van der Waals surface area contributed by atoms with Crippen LogP contribution in [0.25, 0.3) is 10.8 Å². The molecule has 3 aliphatic heterocycles. The molecule has 0 spiro atoms. The topological polar surface area (TPSA) is 223 Å². The van der Waals surface area contributed by atoms with Gasteiger partial charge in [0.05, 0.1) is 53.0 Å². The monoisotopic (exact) mass is 852 g/mol. The lowest BCUT2D eigenvalue weighted by Crippen LogP contribution is -2.46. The van der Waals surface area contributed by atoms with E-state index in [4.69, 9.17) is 23.8 Å². The second-order valence-corrected chi connectivity index (χ2v) is 16.5. The van der Waals surface area contributed by atoms with Crippen molar-refractivity contribution in [3.8, 4) is 23.0 Å². The van der Waals surface area contributed by atoms with Crippen molar-refractivity contribution in [1.29, 1.82) is 0 Å². The van der Waals surface area contributed by atoms with Crippen LogP contribution in [0.2, 0.25) is 0 Å². The molecule has 15 heteroatoms. The van der Waals surface area contributed by atoms with Crippen LogP contribution in [-0.4, -0.2) is 93.3 Å². The van der Waals surface area contributed by atoms with Gasteiger partial charge < -0.3 is 54.6 Å². The number of phenols is 3. The number of anilines is 1. The molecule has 1 amide bonds. The molecule has 0 unspecified atom stereocenters. The highest BCUT2D eigenvalue weighted by Gasteiger charge is 2.50. The van der Waals surface area contributed by atoms with Crippen LogP contribution in [0, 0.1) is 30.6 Å². The minimum Gasteiger partial charge on any atom is -0.507 e. The molecule has 5 rings (SSSR count). The van der Waals surface area contributed by atoms with Crippen molar-refractivity contribution < 1.29 is 63.7 Å². The summed E-state index contributed by atoms with van der Waals surface area (Å²) in [5.74, 6) is -8.55. The number of benzene rings is 2. The molecule has 0 aromatic heterocycles. The first-order valence-electron chi connectivity index (χ1n) is 21.1. The summed E-state index contributed by atoms with van der Waals surface area (Å²) < 4.78 is 23.6. The largest absolute Gasteiger partial charge is 0.507 e. The third-order valence-corrected chi connectivity index (χ3v) is 11.9. The zero-order valence-electron chi connectivity index (χ0n) is 37.0. The van der Waals surface area contributed by atoms with Gasteiger partial charge in [-0.25, -0.2) is 0 Å². The van der Waals surface area contributed by atoms with Crippen molar-refractivity contribution in [2.45, 2.75) is 131 Å². The number of amides is 1. The molecule has 6 N–H and O–H groups in total. The van der Waals surface area contributed by atoms with E-state index in [0.717, 1.165) is 44.7 Å². The maximum absolute atomic E-state index is 14.4. The lowest BCUT2D eigenvalue weighted by Gasteiger charge is -2.38. The molecule has 9 atom stereocenters. The molecular formula is C46H64N2O13. The molecule has 336 valence electrons. The van der Waals surface area contributed by atoms with Crippen LogP contribution in [0.4, 0.5) is 5.69 Å². The number of aliphatic hydroxyl groups excluding tert-OH is 2. The fourth-order valence-electron chi connectivity index (χ4n) is 7.96. The van der Waals surface area contributed by atoms with E-state index < -0.39 is 88.8 Å². The Balaban J connectivity index is 1.90. The Morgan fingerprint density at radius 1 is 0.918 bits per heavy atom. The Labute approximate surface area is 358 Å². The smallest absolute Gasteiger partial charge is 0.312 e. The summed E-state index contributed by atoms with van der Waals surface area (Å²) in [4.78, 5) is 45.9. The van der Waals surface area contributed by atoms with Crippen LogP contribution in [0.5, 0.6) is 23.0 Å². The number of nitrogens with zero attached hydrogens (tertiary/aromatic N) is 1. The number of nitrogens with one attached hydrogen (secondary N) is 1. The molecule has 2 aromatic rings. The number of oxime groups is 1. The summed E-state index contributed by atoms with van der Waals surface area (Å²) in [5.41, 5.74) is -0.543. The molecule has 15 nitrogen and oxygen atoms in total. The maximum Gasteiger partial charge on any atom is 0.312 e. The van der Waals surface area contributed by atoms with Gasteiger partial charge in [-0.1, -0.05) is 83.7 Å². The van der Waals surface area contributed by atoms with Crippen LogP contribution in [0.3, 0.4) is 0 Å². The molecule has 0 saturated carbocycles. The third-order valence-electron chi connectivity index (χ3n) is 11.9. The number of ketones is 1. The first kappa shape index (κ1) is 48.5. The molecule has 61 heavy (non-hydrogen) atoms. The predicted octanol–water partition coefficient (Wildman–Crippen LogP) is 7.47. The predicted molar refractivity (Wildman–Crippen MR) is 231 cm³/mol. The number of allylic oxidation sites excluding steroid dienone is 2. The number of carbonyl (C=O) groups excluding carboxylic acids is 3. The lowest BCUT2D eigenvalue weighted by atomic mass is 9.78. The normalized spacial score (nSPS) is 29.5. The van der Waals surface area contributed by atoms with E-state index in [1.54, 1.807) is 39.8 Å². The Kier molecular flexibility index (Phi) is 16.8. The molecular weight excluding hydrogens is 789 g/mol. The second-order valence-electron chi connectivity index (χ2n) is 16.5. The van der Waals surface area contributed by atoms with Crippen molar-refractivity contribution in [2.75, 3.05) is 19.0 Å². The van der Waals surface area contributed by atoms with E-state index in [-0.39, 0.29) is 51.1 Å². The van der Waals surface area contributed by atoms with Gasteiger partial charge >= 0.3 is 11.8 Å². The number of carbonyl (C=O) groups is 3. The van der Waals surface area contributed by atoms with E-state index >= 15 is 0 Å². The zero-order valence-corrected chi connectivity index (χ0v) is 37.0. The average molecular weight is 853 g/mol. The first-order chi connectivity index (χ1) is 28.8. The number of methoxy groups -OCH3 is 1. The highest BCUT2D eigenvalue weighted by Crippen LogP contribution is 2.55. The van der Waals surface area contributed by atoms with Gasteiger partial charge in [0.2, 0.25) is 0 Å². The summed E-state index contributed by atoms with van der Waals surface area (Å²) in [7, 11) is 1.43. The number of fused-ring (bicyclic) bond motifs is 14. The number of Topliss-reactive ketones (excluding diaryl/α,β-unsaturated/α-hetero) is 1. The molecule has 2 aromatic carbocycles. The number of esters is 1. The van der Waals surface area contributed by atoms with Crippen LogP contribution < -0.4 is 10.1 Å². The molecule has 0 fully saturated rings. The quantitative estimate of drug-likeness (QED) is 0.0323. The fourth-order valence-corrected chi connectivity index (χ4v) is 7.96. The number of ether oxygens (including phenoxy) is 4. The van der Waals surface area contributed by atoms with Gasteiger partial charge in [0.25, 0.3) is 11.7 Å². The molecule has 0 radical (unpaired) electrons. The average Bonchev–Trinajstić information content (AvgIpc) is 3.49. The Hall–Kier alpha value is -5.12. The van der Waals surface area contributed by atoms with Gasteiger partial charge in [0, 0.05) is 61.2 Å². The van der Waals surface area contributed by atoms with Gasteiger partial charge in [-0.2, -0.15) is 0 Å². The lowest BCUT2D eigenvalue weighted by molar-refractivity contribution is -0.160. The minimum absolute atomic E-state index is 0.0419. The molecule has 3 aliphatic rings. The van der Waals surface area contributed by atoms with Crippen molar-refractivity contribution in [3.05, 3.63) is 52.8 Å². The van der Waals surface area contributed by atoms with Gasteiger partial charge in [-0.05, 0) is 32.8 Å². The summed E-state index contributed by atoms with van der Waals surface area (Å²) in [5, 5.41) is 64.3. The highest BCUT2D eigenvalue weighted by atomic mass is 16.7. The van der Waals surface area contributed by atoms with Crippen molar-refractivity contribution in [2.24, 2.45) is 28.8 Å². The van der Waals surface area contributed by atoms with Crippen molar-refractivity contribution in [1.82, 2.24) is 0 Å². The van der Waals surface area contributed by atoms with Gasteiger partial charge in [-0.15, -0.1) is 0 Å². The van der Waals surface area contributed by atoms with Gasteiger partial charge in [-0.3, -0.25) is 14.4 Å². The maximum atomic E-state index is 14.4. The Morgan fingerprint density at radius 3 is 2.25 bits per heavy atom. The summed E-state index contributed by atoms with van der Waals surface area (Å²) in [6.07, 6.45) is 10.7. The van der Waals surface area contributed by atoms with Gasteiger partial charge in [0.15, 0.2) is 5.75 Å². The minimum atomic E-state index is -2.06. The number of hydrogen-bond acceptors (Lipinski definition) is 14. The Bertz CT molecular complexity index is 2040. The first-order valence-corrected chi connectivity index (χ1v) is 21.1. The van der Waals surface area contributed by atoms with Crippen LogP contribution in [-0.2, 0) is 28.6 Å². The molecule has 5 bridgehead atoms. The summed E-state index contributed by atoms with van der Waals surface area (Å²) in [6.45, 7) is 14.9. The van der Waals surface area contributed by atoms with Crippen LogP contribution in [0.15, 0.2) is 41.3 Å². The second kappa shape index (κ2) is 21.1. The van der Waals surface area contributed by atoms with E-state index in [0.29, 0.717) is 0 Å². The molecule has 3 heterocycles. The van der Waals surface area contributed by atoms with Crippen LogP contribution in [0.1, 0.15) is 115 Å². The van der Waals surface area contributed by atoms with Crippen molar-refractivity contribution in [3.63, 3.8) is 0 Å². The standard InChI is InChI=1S/C46H64N2O13/c1-11-12-13-14-15-16-21-59-47-23-31-36-41(54)34-33(40(31)53)35-43(29(7)39(34)52)61-46(9,44(35)55)58-22-20-32(57-10)26(4)42(60-30(8)49)28(6)38(51)27(5)37(50)24(2)18-17-19-25(3)45(56)48-36/h17-20,22-24,26-28,32,37-38,42,50-54H,11-16,21H2,1-10H3,(H,48,56)/b18-17-,22-20-,25-19-,47-23-/t24-,26+,27+,28+,32-,37-,38+,42+,46-/m0/s1. The Morgan fingerprint density at radius 2 is 1.59 bits per heavy atom. The molecule has 0 aliphatic carbocycles. The SMILES string of the molecule is CCCCCCCCO/N=C\c1c2c(O)c3c(O)c(C)c4c(c3c1O)C(=O)[C@@](C)(O/C=C\[C@H](OC)[C@@H](C)[C@@H](OC(C)=O)[C@H](C)[C@H](O)[C@H](C)[C@@H](O)[C@@H](C)/C=C\C=C(\C)C(=O)N2)O4. The summed E-state index contributed by atoms with van der Waals surface area (Å²) >= 11 is 0. The number of phenolic OH excluding ortho intramolecular Hbond substituents is 3. The zero-order chi connectivity index (χ0) is 45.3. The summed E-state index contributed by atoms with van der Waals surface area (Å²) in [6, 6.07) is 0. The van der Waals surface area contributed by atoms with E-state index in [2.05, 4.69) is 17.4 Å². The van der Waals surface area contributed by atoms with Crippen molar-refractivity contribution >= 4 is 40.3 Å². The van der Waals surface area contributed by atoms with Crippen LogP contribution >= 0.6 is 0 Å². The number of aliphatic hydroxyl groups is 2. The van der Waals surface area contributed by atoms with E-state index in [1.807, 2.05) is 0 Å². The fraction of sp³-hybridized carbons (Fsp3) is 0.565. The van der Waals surface area contributed by atoms with E-state index in [1.165, 1.54) is 53.2 Å². The number of hydrogen-bond donors (Lipinski definition) is 6. The number of rotatable bonds is 11. The number of aromatic hydroxyl groups is 3. The third kappa shape index (κ3) is 10.7. The van der Waals surface area contributed by atoms with Gasteiger partial charge in [0.1, 0.15) is 30.0 Å². The number of unbranched alkanes of at least 4 members (excludes halogenated alkanes) is 5. The molecule has 0 saturated heterocycles. The van der Waals surface area contributed by atoms with E-state index in [9.17, 15) is 39.9 Å².